The van der Waals surface area contributed by atoms with Gasteiger partial charge in [0.2, 0.25) is 0 Å². The van der Waals surface area contributed by atoms with Crippen molar-refractivity contribution in [3.05, 3.63) is 54.0 Å². The molecule has 0 amide bonds. The SMILES string of the molecule is CCNC(=NCc1ccccc1OCCN(C)C)NC1CCN(c2ncccc2F)C1. The number of hydrogen-bond acceptors (Lipinski definition) is 5. The Morgan fingerprint density at radius 1 is 1.29 bits per heavy atom. The number of aliphatic imine (C=N–C) groups is 1. The maximum atomic E-state index is 14.1. The number of pyridine rings is 1. The van der Waals surface area contributed by atoms with E-state index < -0.39 is 0 Å². The smallest absolute Gasteiger partial charge is 0.191 e. The average Bonchev–Trinajstić information content (AvgIpc) is 3.21. The summed E-state index contributed by atoms with van der Waals surface area (Å²) in [5.41, 5.74) is 1.04. The first kappa shape index (κ1) is 22.8. The normalized spacial score (nSPS) is 16.6. The number of benzene rings is 1. The fourth-order valence-electron chi connectivity index (χ4n) is 3.47. The Morgan fingerprint density at radius 2 is 2.13 bits per heavy atom. The van der Waals surface area contributed by atoms with E-state index in [0.29, 0.717) is 25.5 Å². The molecule has 2 heterocycles. The molecule has 1 aliphatic heterocycles. The predicted molar refractivity (Wildman–Crippen MR) is 123 cm³/mol. The summed E-state index contributed by atoms with van der Waals surface area (Å²) in [4.78, 5) is 13.0. The van der Waals surface area contributed by atoms with Gasteiger partial charge in [0, 0.05) is 44.0 Å². The van der Waals surface area contributed by atoms with Crippen LogP contribution in [0.5, 0.6) is 5.75 Å². The number of nitrogens with zero attached hydrogens (tertiary/aromatic N) is 4. The van der Waals surface area contributed by atoms with E-state index in [9.17, 15) is 4.39 Å². The summed E-state index contributed by atoms with van der Waals surface area (Å²) in [6.45, 7) is 6.25. The number of guanidine groups is 1. The molecule has 7 nitrogen and oxygen atoms in total. The van der Waals surface area contributed by atoms with E-state index in [2.05, 4.69) is 20.5 Å². The van der Waals surface area contributed by atoms with Crippen LogP contribution in [0.1, 0.15) is 18.9 Å². The Kier molecular flexibility index (Phi) is 8.46. The van der Waals surface area contributed by atoms with Crippen molar-refractivity contribution in [2.45, 2.75) is 25.9 Å². The third-order valence-corrected chi connectivity index (χ3v) is 5.09. The van der Waals surface area contributed by atoms with Crippen molar-refractivity contribution in [2.24, 2.45) is 4.99 Å². The molecule has 1 aliphatic rings. The van der Waals surface area contributed by atoms with Crippen molar-refractivity contribution in [1.29, 1.82) is 0 Å². The molecule has 0 radical (unpaired) electrons. The highest BCUT2D eigenvalue weighted by Crippen LogP contribution is 2.21. The molecular formula is C23H33FN6O. The molecule has 2 aromatic rings. The molecule has 0 spiro atoms. The minimum Gasteiger partial charge on any atom is -0.492 e. The minimum atomic E-state index is -0.283. The second kappa shape index (κ2) is 11.5. The summed E-state index contributed by atoms with van der Waals surface area (Å²) in [6.07, 6.45) is 2.52. The Bertz CT molecular complexity index is 859. The van der Waals surface area contributed by atoms with E-state index in [1.165, 1.54) is 6.07 Å². The van der Waals surface area contributed by atoms with Gasteiger partial charge in [-0.1, -0.05) is 18.2 Å². The fraction of sp³-hybridized carbons (Fsp3) is 0.478. The Hall–Kier alpha value is -2.87. The fourth-order valence-corrected chi connectivity index (χ4v) is 3.47. The van der Waals surface area contributed by atoms with Crippen LogP contribution in [-0.4, -0.2) is 68.8 Å². The third kappa shape index (κ3) is 6.82. The number of anilines is 1. The summed E-state index contributed by atoms with van der Waals surface area (Å²) in [6, 6.07) is 11.2. The van der Waals surface area contributed by atoms with Gasteiger partial charge in [-0.2, -0.15) is 0 Å². The van der Waals surface area contributed by atoms with E-state index in [4.69, 9.17) is 9.73 Å². The van der Waals surface area contributed by atoms with Crippen molar-refractivity contribution < 1.29 is 9.13 Å². The summed E-state index contributed by atoms with van der Waals surface area (Å²) in [5.74, 6) is 1.74. The Morgan fingerprint density at radius 3 is 2.90 bits per heavy atom. The first-order valence-corrected chi connectivity index (χ1v) is 10.8. The molecule has 168 valence electrons. The monoisotopic (exact) mass is 428 g/mol. The molecule has 0 saturated carbocycles. The van der Waals surface area contributed by atoms with E-state index >= 15 is 0 Å². The highest BCUT2D eigenvalue weighted by atomic mass is 19.1. The molecule has 0 aliphatic carbocycles. The number of ether oxygens (including phenoxy) is 1. The predicted octanol–water partition coefficient (Wildman–Crippen LogP) is 2.50. The molecule has 1 fully saturated rings. The van der Waals surface area contributed by atoms with Gasteiger partial charge < -0.3 is 25.2 Å². The van der Waals surface area contributed by atoms with Crippen LogP contribution in [0.15, 0.2) is 47.6 Å². The van der Waals surface area contributed by atoms with E-state index in [-0.39, 0.29) is 11.9 Å². The van der Waals surface area contributed by atoms with Crippen molar-refractivity contribution >= 4 is 11.8 Å². The van der Waals surface area contributed by atoms with Gasteiger partial charge in [0.25, 0.3) is 0 Å². The zero-order valence-corrected chi connectivity index (χ0v) is 18.6. The quantitative estimate of drug-likeness (QED) is 0.473. The molecular weight excluding hydrogens is 395 g/mol. The Labute approximate surface area is 184 Å². The molecule has 1 aromatic carbocycles. The number of halogens is 1. The van der Waals surface area contributed by atoms with Gasteiger partial charge in [-0.3, -0.25) is 0 Å². The van der Waals surface area contributed by atoms with E-state index in [1.807, 2.05) is 50.2 Å². The number of aromatic nitrogens is 1. The molecule has 2 N–H and O–H groups in total. The molecule has 8 heteroatoms. The second-order valence-corrected chi connectivity index (χ2v) is 7.84. The van der Waals surface area contributed by atoms with Crippen molar-refractivity contribution in [3.8, 4) is 5.75 Å². The maximum Gasteiger partial charge on any atom is 0.191 e. The topological polar surface area (TPSA) is 65.0 Å². The number of likely N-dealkylation sites (N-methyl/N-ethyl adjacent to an activating group) is 1. The summed E-state index contributed by atoms with van der Waals surface area (Å²) in [5, 5.41) is 6.79. The lowest BCUT2D eigenvalue weighted by Crippen LogP contribution is -2.44. The molecule has 1 aromatic heterocycles. The highest BCUT2D eigenvalue weighted by molar-refractivity contribution is 5.80. The minimum absolute atomic E-state index is 0.172. The molecule has 1 atom stereocenters. The van der Waals surface area contributed by atoms with Crippen LogP contribution in [0.2, 0.25) is 0 Å². The molecule has 1 saturated heterocycles. The van der Waals surface area contributed by atoms with Crippen molar-refractivity contribution in [1.82, 2.24) is 20.5 Å². The van der Waals surface area contributed by atoms with Gasteiger partial charge >= 0.3 is 0 Å². The summed E-state index contributed by atoms with van der Waals surface area (Å²) in [7, 11) is 4.06. The maximum absolute atomic E-state index is 14.1. The number of para-hydroxylation sites is 1. The zero-order valence-electron chi connectivity index (χ0n) is 18.6. The lowest BCUT2D eigenvalue weighted by atomic mass is 10.2. The second-order valence-electron chi connectivity index (χ2n) is 7.84. The largest absolute Gasteiger partial charge is 0.492 e. The lowest BCUT2D eigenvalue weighted by molar-refractivity contribution is 0.259. The van der Waals surface area contributed by atoms with Crippen LogP contribution in [0.4, 0.5) is 10.2 Å². The van der Waals surface area contributed by atoms with Gasteiger partial charge in [0.1, 0.15) is 12.4 Å². The van der Waals surface area contributed by atoms with Crippen LogP contribution in [-0.2, 0) is 6.54 Å². The van der Waals surface area contributed by atoms with Crippen LogP contribution in [0.3, 0.4) is 0 Å². The first-order valence-electron chi connectivity index (χ1n) is 10.8. The Balaban J connectivity index is 1.60. The van der Waals surface area contributed by atoms with Crippen molar-refractivity contribution in [3.63, 3.8) is 0 Å². The van der Waals surface area contributed by atoms with Gasteiger partial charge in [-0.15, -0.1) is 0 Å². The molecule has 3 rings (SSSR count). The van der Waals surface area contributed by atoms with E-state index in [0.717, 1.165) is 43.3 Å². The lowest BCUT2D eigenvalue weighted by Gasteiger charge is -2.20. The zero-order chi connectivity index (χ0) is 22.1. The van der Waals surface area contributed by atoms with Gasteiger partial charge in [-0.25, -0.2) is 14.4 Å². The summed E-state index contributed by atoms with van der Waals surface area (Å²) < 4.78 is 20.0. The molecule has 1 unspecified atom stereocenters. The van der Waals surface area contributed by atoms with Crippen molar-refractivity contribution in [2.75, 3.05) is 51.8 Å². The van der Waals surface area contributed by atoms with E-state index in [1.54, 1.807) is 12.3 Å². The van der Waals surface area contributed by atoms with Crippen LogP contribution >= 0.6 is 0 Å². The standard InChI is InChI=1S/C23H33FN6O/c1-4-25-23(27-16-18-8-5-6-10-21(18)31-15-14-29(2)3)28-19-11-13-30(17-19)22-20(24)9-7-12-26-22/h5-10,12,19H,4,11,13-17H2,1-3H3,(H2,25,27,28). The average molecular weight is 429 g/mol. The van der Waals surface area contributed by atoms with Gasteiger partial charge in [-0.05, 0) is 45.6 Å². The number of rotatable bonds is 9. The van der Waals surface area contributed by atoms with Crippen LogP contribution in [0.25, 0.3) is 0 Å². The molecule has 31 heavy (non-hydrogen) atoms. The summed E-state index contributed by atoms with van der Waals surface area (Å²) >= 11 is 0. The molecule has 0 bridgehead atoms. The highest BCUT2D eigenvalue weighted by Gasteiger charge is 2.25. The number of nitrogens with one attached hydrogen (secondary N) is 2. The first-order chi connectivity index (χ1) is 15.1. The van der Waals surface area contributed by atoms with Gasteiger partial charge in [0.05, 0.1) is 6.54 Å². The third-order valence-electron chi connectivity index (χ3n) is 5.09. The van der Waals surface area contributed by atoms with Crippen LogP contribution < -0.4 is 20.3 Å². The van der Waals surface area contributed by atoms with Gasteiger partial charge in [0.15, 0.2) is 17.6 Å². The van der Waals surface area contributed by atoms with Crippen LogP contribution in [0, 0.1) is 5.82 Å². The number of hydrogen-bond donors (Lipinski definition) is 2.